The molecule has 6 heteroatoms. The maximum absolute atomic E-state index is 5.87. The fourth-order valence-electron chi connectivity index (χ4n) is 2.03. The number of guanidine groups is 1. The lowest BCUT2D eigenvalue weighted by Crippen LogP contribution is -2.22. The number of aryl methyl sites for hydroxylation is 1. The van der Waals surface area contributed by atoms with Gasteiger partial charge in [0.1, 0.15) is 5.82 Å². The minimum Gasteiger partial charge on any atom is -0.370 e. The fourth-order valence-corrected chi connectivity index (χ4v) is 2.03. The summed E-state index contributed by atoms with van der Waals surface area (Å²) in [5.74, 6) is 1.37. The van der Waals surface area contributed by atoms with E-state index in [0.717, 1.165) is 30.9 Å². The van der Waals surface area contributed by atoms with Crippen molar-refractivity contribution < 1.29 is 0 Å². The largest absolute Gasteiger partial charge is 0.370 e. The minimum atomic E-state index is 0. The van der Waals surface area contributed by atoms with Gasteiger partial charge >= 0.3 is 0 Å². The standard InChI is InChI=1S/C17H23N5.HI/c1-14-7-6-8-15(13-14)22-17(18)21-12-5-4-11-20-16-9-2-3-10-19-16;/h2-3,6-10,13H,4-5,11-12H2,1H3,(H,19,20)(H3,18,21,22);1H. The quantitative estimate of drug-likeness (QED) is 0.274. The van der Waals surface area contributed by atoms with Crippen LogP contribution in [0, 0.1) is 6.92 Å². The van der Waals surface area contributed by atoms with Gasteiger partial charge in [0.05, 0.1) is 0 Å². The van der Waals surface area contributed by atoms with Crippen molar-refractivity contribution in [3.8, 4) is 0 Å². The number of aliphatic imine (C=N–C) groups is 1. The summed E-state index contributed by atoms with van der Waals surface area (Å²) >= 11 is 0. The molecule has 0 radical (unpaired) electrons. The van der Waals surface area contributed by atoms with Crippen LogP contribution in [0.1, 0.15) is 18.4 Å². The Labute approximate surface area is 154 Å². The molecule has 0 atom stereocenters. The van der Waals surface area contributed by atoms with Gasteiger partial charge in [0.25, 0.3) is 0 Å². The Morgan fingerprint density at radius 3 is 2.78 bits per heavy atom. The number of halogens is 1. The van der Waals surface area contributed by atoms with Crippen molar-refractivity contribution in [2.24, 2.45) is 10.7 Å². The molecule has 4 N–H and O–H groups in total. The van der Waals surface area contributed by atoms with Gasteiger partial charge in [0.2, 0.25) is 0 Å². The highest BCUT2D eigenvalue weighted by atomic mass is 127. The molecule has 0 aliphatic heterocycles. The van der Waals surface area contributed by atoms with Gasteiger partial charge in [-0.25, -0.2) is 4.98 Å². The Morgan fingerprint density at radius 2 is 2.04 bits per heavy atom. The van der Waals surface area contributed by atoms with E-state index in [9.17, 15) is 0 Å². The Balaban J connectivity index is 0.00000264. The lowest BCUT2D eigenvalue weighted by molar-refractivity contribution is 0.772. The first-order valence-corrected chi connectivity index (χ1v) is 7.52. The smallest absolute Gasteiger partial charge is 0.193 e. The van der Waals surface area contributed by atoms with Gasteiger partial charge in [-0.1, -0.05) is 18.2 Å². The number of nitrogens with one attached hydrogen (secondary N) is 2. The first-order chi connectivity index (χ1) is 10.7. The van der Waals surface area contributed by atoms with E-state index in [2.05, 4.69) is 20.6 Å². The van der Waals surface area contributed by atoms with Crippen LogP contribution in [0.25, 0.3) is 0 Å². The van der Waals surface area contributed by atoms with Crippen molar-refractivity contribution >= 4 is 41.4 Å². The Kier molecular flexibility index (Phi) is 9.04. The van der Waals surface area contributed by atoms with E-state index in [4.69, 9.17) is 5.73 Å². The van der Waals surface area contributed by atoms with E-state index < -0.39 is 0 Å². The highest BCUT2D eigenvalue weighted by Crippen LogP contribution is 2.08. The second-order valence-corrected chi connectivity index (χ2v) is 5.11. The predicted molar refractivity (Wildman–Crippen MR) is 109 cm³/mol. The van der Waals surface area contributed by atoms with Crippen LogP contribution in [-0.4, -0.2) is 24.0 Å². The summed E-state index contributed by atoms with van der Waals surface area (Å²) in [5.41, 5.74) is 8.04. The first-order valence-electron chi connectivity index (χ1n) is 7.52. The number of nitrogens with zero attached hydrogens (tertiary/aromatic N) is 2. The molecule has 1 heterocycles. The Bertz CT molecular complexity index is 601. The van der Waals surface area contributed by atoms with Crippen molar-refractivity contribution in [2.75, 3.05) is 23.7 Å². The summed E-state index contributed by atoms with van der Waals surface area (Å²) in [4.78, 5) is 8.54. The van der Waals surface area contributed by atoms with Crippen LogP contribution in [0.3, 0.4) is 0 Å². The van der Waals surface area contributed by atoms with E-state index in [1.54, 1.807) is 6.20 Å². The molecule has 0 saturated carbocycles. The van der Waals surface area contributed by atoms with Crippen LogP contribution in [0.4, 0.5) is 11.5 Å². The Morgan fingerprint density at radius 1 is 1.17 bits per heavy atom. The molecule has 0 unspecified atom stereocenters. The number of unbranched alkanes of at least 4 members (excludes halogenated alkanes) is 1. The molecule has 0 aliphatic carbocycles. The van der Waals surface area contributed by atoms with Crippen molar-refractivity contribution in [1.29, 1.82) is 0 Å². The summed E-state index contributed by atoms with van der Waals surface area (Å²) in [5, 5.41) is 6.37. The van der Waals surface area contributed by atoms with Crippen molar-refractivity contribution in [2.45, 2.75) is 19.8 Å². The Hall–Kier alpha value is -1.83. The van der Waals surface area contributed by atoms with Crippen molar-refractivity contribution in [3.05, 3.63) is 54.2 Å². The highest BCUT2D eigenvalue weighted by molar-refractivity contribution is 14.0. The van der Waals surface area contributed by atoms with Crippen LogP contribution >= 0.6 is 24.0 Å². The molecule has 124 valence electrons. The number of anilines is 2. The molecule has 0 amide bonds. The van der Waals surface area contributed by atoms with E-state index in [-0.39, 0.29) is 24.0 Å². The number of pyridine rings is 1. The van der Waals surface area contributed by atoms with Gasteiger partial charge in [0, 0.05) is 25.0 Å². The summed E-state index contributed by atoms with van der Waals surface area (Å²) in [6.07, 6.45) is 3.79. The number of hydrogen-bond donors (Lipinski definition) is 3. The van der Waals surface area contributed by atoms with Gasteiger partial charge in [0.15, 0.2) is 5.96 Å². The number of rotatable bonds is 7. The van der Waals surface area contributed by atoms with Gasteiger partial charge in [-0.2, -0.15) is 0 Å². The zero-order chi connectivity index (χ0) is 15.6. The van der Waals surface area contributed by atoms with E-state index in [0.29, 0.717) is 12.5 Å². The average Bonchev–Trinajstić information content (AvgIpc) is 2.52. The van der Waals surface area contributed by atoms with Crippen molar-refractivity contribution in [3.63, 3.8) is 0 Å². The molecule has 1 aromatic heterocycles. The third kappa shape index (κ3) is 7.83. The lowest BCUT2D eigenvalue weighted by atomic mass is 10.2. The molecule has 5 nitrogen and oxygen atoms in total. The molecule has 0 saturated heterocycles. The van der Waals surface area contributed by atoms with Gasteiger partial charge in [-0.05, 0) is 49.6 Å². The number of benzene rings is 1. The molecule has 0 aliphatic rings. The zero-order valence-corrected chi connectivity index (χ0v) is 15.7. The van der Waals surface area contributed by atoms with E-state index >= 15 is 0 Å². The SMILES string of the molecule is Cc1cccc(NC(N)=NCCCCNc2ccccn2)c1.I. The lowest BCUT2D eigenvalue weighted by Gasteiger charge is -2.07. The van der Waals surface area contributed by atoms with Crippen LogP contribution in [-0.2, 0) is 0 Å². The molecule has 2 rings (SSSR count). The summed E-state index contributed by atoms with van der Waals surface area (Å²) in [6.45, 7) is 3.65. The third-order valence-electron chi connectivity index (χ3n) is 3.13. The molecule has 1 aromatic carbocycles. The molecule has 0 spiro atoms. The number of nitrogens with two attached hydrogens (primary N) is 1. The van der Waals surface area contributed by atoms with Gasteiger partial charge < -0.3 is 16.4 Å². The third-order valence-corrected chi connectivity index (χ3v) is 3.13. The fraction of sp³-hybridized carbons (Fsp3) is 0.294. The van der Waals surface area contributed by atoms with Crippen LogP contribution in [0.5, 0.6) is 0 Å². The number of hydrogen-bond acceptors (Lipinski definition) is 3. The second-order valence-electron chi connectivity index (χ2n) is 5.11. The minimum absolute atomic E-state index is 0. The molecular formula is C17H24IN5. The predicted octanol–water partition coefficient (Wildman–Crippen LogP) is 3.63. The normalized spacial score (nSPS) is 10.7. The summed E-state index contributed by atoms with van der Waals surface area (Å²) in [7, 11) is 0. The maximum Gasteiger partial charge on any atom is 0.193 e. The molecular weight excluding hydrogens is 401 g/mol. The monoisotopic (exact) mass is 425 g/mol. The summed E-state index contributed by atoms with van der Waals surface area (Å²) < 4.78 is 0. The second kappa shape index (κ2) is 10.8. The van der Waals surface area contributed by atoms with Gasteiger partial charge in [-0.15, -0.1) is 24.0 Å². The van der Waals surface area contributed by atoms with E-state index in [1.165, 1.54) is 5.56 Å². The van der Waals surface area contributed by atoms with E-state index in [1.807, 2.05) is 49.4 Å². The molecule has 2 aromatic rings. The van der Waals surface area contributed by atoms with Crippen molar-refractivity contribution in [1.82, 2.24) is 4.98 Å². The van der Waals surface area contributed by atoms with Gasteiger partial charge in [-0.3, -0.25) is 4.99 Å². The average molecular weight is 425 g/mol. The molecule has 23 heavy (non-hydrogen) atoms. The molecule has 0 fully saturated rings. The maximum atomic E-state index is 5.87. The number of aromatic nitrogens is 1. The van der Waals surface area contributed by atoms with Crippen LogP contribution in [0.15, 0.2) is 53.7 Å². The summed E-state index contributed by atoms with van der Waals surface area (Å²) in [6, 6.07) is 13.9. The van der Waals surface area contributed by atoms with Crippen LogP contribution in [0.2, 0.25) is 0 Å². The first kappa shape index (κ1) is 19.2. The topological polar surface area (TPSA) is 75.3 Å². The van der Waals surface area contributed by atoms with Crippen LogP contribution < -0.4 is 16.4 Å². The highest BCUT2D eigenvalue weighted by Gasteiger charge is 1.95. The molecule has 0 bridgehead atoms. The zero-order valence-electron chi connectivity index (χ0n) is 13.3.